The van der Waals surface area contributed by atoms with Crippen molar-refractivity contribution in [2.45, 2.75) is 18.9 Å². The van der Waals surface area contributed by atoms with Crippen LogP contribution in [-0.2, 0) is 18.9 Å². The Hall–Kier alpha value is -3.01. The van der Waals surface area contributed by atoms with Crippen molar-refractivity contribution in [3.05, 3.63) is 70.6 Å². The van der Waals surface area contributed by atoms with Crippen LogP contribution in [-0.4, -0.2) is 14.7 Å². The second-order valence-electron chi connectivity index (χ2n) is 6.39. The molecule has 30 heavy (non-hydrogen) atoms. The summed E-state index contributed by atoms with van der Waals surface area (Å²) in [4.78, 5) is 4.06. The van der Waals surface area contributed by atoms with Gasteiger partial charge in [0, 0.05) is 22.7 Å². The molecule has 4 aromatic rings. The van der Waals surface area contributed by atoms with Gasteiger partial charge in [-0.3, -0.25) is 0 Å². The highest BCUT2D eigenvalue weighted by molar-refractivity contribution is 6.32. The van der Waals surface area contributed by atoms with E-state index in [9.17, 15) is 26.3 Å². The zero-order chi connectivity index (χ0) is 21.7. The summed E-state index contributed by atoms with van der Waals surface area (Å²) in [6.07, 6.45) is -7.75. The predicted octanol–water partition coefficient (Wildman–Crippen LogP) is 6.43. The number of aromatic nitrogens is 3. The Bertz CT molecular complexity index is 1230. The molecule has 2 aromatic carbocycles. The molecular formula is C19H10ClF6N3O. The quantitative estimate of drug-likeness (QED) is 0.341. The van der Waals surface area contributed by atoms with Crippen LogP contribution in [0.25, 0.3) is 22.4 Å². The first-order valence-electron chi connectivity index (χ1n) is 8.39. The van der Waals surface area contributed by atoms with E-state index in [0.717, 1.165) is 18.2 Å². The van der Waals surface area contributed by atoms with Crippen LogP contribution >= 0.6 is 11.6 Å². The van der Waals surface area contributed by atoms with Crippen molar-refractivity contribution >= 4 is 22.5 Å². The van der Waals surface area contributed by atoms with Crippen molar-refractivity contribution in [1.29, 1.82) is 0 Å². The SMILES string of the molecule is FC(F)(F)c1cccc(-c2nc(Cn3ccc4c(C(F)(F)F)c(Cl)ccc43)no2)c1. The van der Waals surface area contributed by atoms with Crippen molar-refractivity contribution < 1.29 is 30.9 Å². The van der Waals surface area contributed by atoms with E-state index in [4.69, 9.17) is 16.1 Å². The first-order chi connectivity index (χ1) is 14.0. The standard InChI is InChI=1S/C19H10ClF6N3O/c20-13-4-5-14-12(16(13)19(24,25)26)6-7-29(14)9-15-27-17(30-28-15)10-2-1-3-11(8-10)18(21,22)23/h1-8H,9H2. The number of nitrogens with zero attached hydrogens (tertiary/aromatic N) is 3. The van der Waals surface area contributed by atoms with Gasteiger partial charge in [-0.25, -0.2) is 0 Å². The van der Waals surface area contributed by atoms with Gasteiger partial charge in [0.2, 0.25) is 0 Å². The minimum absolute atomic E-state index is 0.0507. The number of alkyl halides is 6. The maximum atomic E-state index is 13.3. The Morgan fingerprint density at radius 2 is 1.73 bits per heavy atom. The van der Waals surface area contributed by atoms with E-state index in [1.54, 1.807) is 0 Å². The lowest BCUT2D eigenvalue weighted by Gasteiger charge is -2.11. The Labute approximate surface area is 169 Å². The van der Waals surface area contributed by atoms with Crippen LogP contribution in [0.2, 0.25) is 5.02 Å². The molecule has 0 atom stereocenters. The summed E-state index contributed by atoms with van der Waals surface area (Å²) in [5.74, 6) is -0.0463. The fourth-order valence-corrected chi connectivity index (χ4v) is 3.36. The number of fused-ring (bicyclic) bond motifs is 1. The molecule has 0 radical (unpaired) electrons. The van der Waals surface area contributed by atoms with Crippen LogP contribution in [0.3, 0.4) is 0 Å². The van der Waals surface area contributed by atoms with Crippen molar-refractivity contribution in [2.75, 3.05) is 0 Å². The van der Waals surface area contributed by atoms with Crippen molar-refractivity contribution in [3.63, 3.8) is 0 Å². The highest BCUT2D eigenvalue weighted by Crippen LogP contribution is 2.40. The third-order valence-electron chi connectivity index (χ3n) is 4.40. The highest BCUT2D eigenvalue weighted by Gasteiger charge is 2.36. The summed E-state index contributed by atoms with van der Waals surface area (Å²) in [6.45, 7) is -0.0507. The number of benzene rings is 2. The van der Waals surface area contributed by atoms with Crippen LogP contribution in [0.15, 0.2) is 53.2 Å². The minimum atomic E-state index is -4.63. The topological polar surface area (TPSA) is 43.9 Å². The van der Waals surface area contributed by atoms with Gasteiger partial charge in [0.15, 0.2) is 5.82 Å². The third kappa shape index (κ3) is 3.74. The summed E-state index contributed by atoms with van der Waals surface area (Å²) in [6, 6.07) is 8.24. The zero-order valence-electron chi connectivity index (χ0n) is 14.7. The predicted molar refractivity (Wildman–Crippen MR) is 95.8 cm³/mol. The van der Waals surface area contributed by atoms with Crippen molar-refractivity contribution in [1.82, 2.24) is 14.7 Å². The average molecular weight is 446 g/mol. The molecule has 0 spiro atoms. The van der Waals surface area contributed by atoms with Gasteiger partial charge in [0.25, 0.3) is 5.89 Å². The van der Waals surface area contributed by atoms with Crippen LogP contribution in [0.1, 0.15) is 17.0 Å². The fraction of sp³-hybridized carbons (Fsp3) is 0.158. The van der Waals surface area contributed by atoms with E-state index in [0.29, 0.717) is 0 Å². The molecule has 0 aliphatic carbocycles. The normalized spacial score (nSPS) is 12.6. The highest BCUT2D eigenvalue weighted by atomic mass is 35.5. The van der Waals surface area contributed by atoms with Gasteiger partial charge in [-0.1, -0.05) is 22.8 Å². The molecule has 0 fully saturated rings. The van der Waals surface area contributed by atoms with Gasteiger partial charge in [-0.15, -0.1) is 0 Å². The van der Waals surface area contributed by atoms with E-state index < -0.39 is 28.5 Å². The molecule has 0 aliphatic rings. The molecule has 0 amide bonds. The Balaban J connectivity index is 1.66. The number of rotatable bonds is 3. The molecule has 2 aromatic heterocycles. The lowest BCUT2D eigenvalue weighted by molar-refractivity contribution is -0.138. The van der Waals surface area contributed by atoms with Crippen LogP contribution < -0.4 is 0 Å². The first-order valence-corrected chi connectivity index (χ1v) is 8.76. The smallest absolute Gasteiger partial charge is 0.340 e. The molecule has 0 saturated heterocycles. The van der Waals surface area contributed by atoms with Crippen molar-refractivity contribution in [2.24, 2.45) is 0 Å². The summed E-state index contributed by atoms with van der Waals surface area (Å²) in [5, 5.41) is 3.21. The number of halogens is 7. The molecular weight excluding hydrogens is 436 g/mol. The first kappa shape index (κ1) is 20.3. The molecule has 0 N–H and O–H groups in total. The van der Waals surface area contributed by atoms with E-state index >= 15 is 0 Å². The molecule has 4 nitrogen and oxygen atoms in total. The van der Waals surface area contributed by atoms with Gasteiger partial charge in [-0.05, 0) is 36.4 Å². The monoisotopic (exact) mass is 445 g/mol. The van der Waals surface area contributed by atoms with Crippen molar-refractivity contribution in [3.8, 4) is 11.5 Å². The molecule has 0 aliphatic heterocycles. The Morgan fingerprint density at radius 1 is 0.967 bits per heavy atom. The summed E-state index contributed by atoms with van der Waals surface area (Å²) in [5.41, 5.74) is -1.49. The third-order valence-corrected chi connectivity index (χ3v) is 4.72. The van der Waals surface area contributed by atoms with Gasteiger partial charge < -0.3 is 9.09 Å². The minimum Gasteiger partial charge on any atom is -0.340 e. The lowest BCUT2D eigenvalue weighted by Crippen LogP contribution is -2.07. The Morgan fingerprint density at radius 3 is 2.43 bits per heavy atom. The van der Waals surface area contributed by atoms with Gasteiger partial charge in [0.1, 0.15) is 0 Å². The van der Waals surface area contributed by atoms with E-state index in [2.05, 4.69) is 10.1 Å². The fourth-order valence-electron chi connectivity index (χ4n) is 3.09. The van der Waals surface area contributed by atoms with Gasteiger partial charge in [-0.2, -0.15) is 31.3 Å². The van der Waals surface area contributed by atoms with E-state index in [1.165, 1.54) is 35.0 Å². The lowest BCUT2D eigenvalue weighted by atomic mass is 10.1. The zero-order valence-corrected chi connectivity index (χ0v) is 15.5. The second-order valence-corrected chi connectivity index (χ2v) is 6.80. The molecule has 11 heteroatoms. The van der Waals surface area contributed by atoms with Crippen LogP contribution in [0.4, 0.5) is 26.3 Å². The maximum absolute atomic E-state index is 13.3. The van der Waals surface area contributed by atoms with Gasteiger partial charge in [0.05, 0.1) is 22.7 Å². The molecule has 2 heterocycles. The molecule has 156 valence electrons. The number of hydrogen-bond acceptors (Lipinski definition) is 3. The van der Waals surface area contributed by atoms with Gasteiger partial charge >= 0.3 is 12.4 Å². The van der Waals surface area contributed by atoms with Crippen LogP contribution in [0.5, 0.6) is 0 Å². The average Bonchev–Trinajstić information content (AvgIpc) is 3.28. The molecule has 0 bridgehead atoms. The molecule has 4 rings (SSSR count). The largest absolute Gasteiger partial charge is 0.418 e. The number of hydrogen-bond donors (Lipinski definition) is 0. The summed E-state index contributed by atoms with van der Waals surface area (Å²) in [7, 11) is 0. The van der Waals surface area contributed by atoms with E-state index in [-0.39, 0.29) is 34.7 Å². The van der Waals surface area contributed by atoms with E-state index in [1.807, 2.05) is 0 Å². The second kappa shape index (κ2) is 7.05. The maximum Gasteiger partial charge on any atom is 0.418 e. The molecule has 0 saturated carbocycles. The molecule has 0 unspecified atom stereocenters. The van der Waals surface area contributed by atoms with Crippen LogP contribution in [0, 0.1) is 0 Å². The summed E-state index contributed by atoms with van der Waals surface area (Å²) < 4.78 is 85.0. The summed E-state index contributed by atoms with van der Waals surface area (Å²) >= 11 is 5.72. The Kier molecular flexibility index (Phi) is 4.76.